The molecule has 0 fully saturated rings. The number of ketones is 1. The lowest BCUT2D eigenvalue weighted by molar-refractivity contribution is -0.116. The second-order valence-electron chi connectivity index (χ2n) is 5.17. The molecule has 0 spiro atoms. The highest BCUT2D eigenvalue weighted by Gasteiger charge is 1.93. The molecular formula is C18H30O. The van der Waals surface area contributed by atoms with Crippen LogP contribution in [0.3, 0.4) is 0 Å². The normalized spacial score (nSPS) is 17.8. The summed E-state index contributed by atoms with van der Waals surface area (Å²) in [5.74, 6) is -1.32. The summed E-state index contributed by atoms with van der Waals surface area (Å²) < 4.78 is 36.4. The monoisotopic (exact) mass is 267 g/mol. The van der Waals surface area contributed by atoms with Crippen molar-refractivity contribution in [1.29, 1.82) is 0 Å². The number of Topliss-reactive ketones (excluding diaryl/α,β-unsaturated/α-hetero) is 1. The van der Waals surface area contributed by atoms with Crippen LogP contribution >= 0.6 is 0 Å². The third-order valence-corrected chi connectivity index (χ3v) is 2.84. The molecule has 19 heavy (non-hydrogen) atoms. The van der Waals surface area contributed by atoms with E-state index in [-0.39, 0.29) is 6.42 Å². The molecule has 0 rings (SSSR count). The Balaban J connectivity index is 4.42. The van der Waals surface area contributed by atoms with Gasteiger partial charge in [0, 0.05) is 13.2 Å². The van der Waals surface area contributed by atoms with Gasteiger partial charge in [-0.05, 0) is 66.7 Å². The number of carbonyl (C=O) groups is 1. The second-order valence-corrected chi connectivity index (χ2v) is 5.17. The van der Waals surface area contributed by atoms with Crippen LogP contribution in [0.25, 0.3) is 0 Å². The van der Waals surface area contributed by atoms with E-state index >= 15 is 0 Å². The maximum Gasteiger partial charge on any atom is 0.130 e. The van der Waals surface area contributed by atoms with E-state index in [9.17, 15) is 4.79 Å². The molecule has 0 aromatic rings. The van der Waals surface area contributed by atoms with Crippen molar-refractivity contribution in [3.8, 4) is 0 Å². The summed E-state index contributed by atoms with van der Waals surface area (Å²) in [6.07, 6.45) is 7.20. The SMILES string of the molecule is [2H]C([2H])([2H])C(=O)C([2H])([2H])C/C=C(\C)CC/C=C(\C)CCC=C(C)C. The Bertz CT molecular complexity index is 506. The van der Waals surface area contributed by atoms with Crippen molar-refractivity contribution in [1.82, 2.24) is 0 Å². The minimum Gasteiger partial charge on any atom is -0.300 e. The maximum atomic E-state index is 11.6. The number of rotatable bonds is 9. The van der Waals surface area contributed by atoms with E-state index in [1.54, 1.807) is 6.08 Å². The van der Waals surface area contributed by atoms with Gasteiger partial charge in [-0.1, -0.05) is 34.9 Å². The highest BCUT2D eigenvalue weighted by molar-refractivity contribution is 5.75. The number of allylic oxidation sites excluding steroid dienone is 6. The summed E-state index contributed by atoms with van der Waals surface area (Å²) in [6, 6.07) is 0. The Morgan fingerprint density at radius 3 is 2.00 bits per heavy atom. The molecule has 0 aliphatic carbocycles. The van der Waals surface area contributed by atoms with Crippen LogP contribution in [0.4, 0.5) is 0 Å². The van der Waals surface area contributed by atoms with Crippen LogP contribution in [0, 0.1) is 0 Å². The quantitative estimate of drug-likeness (QED) is 0.484. The highest BCUT2D eigenvalue weighted by Crippen LogP contribution is 2.12. The van der Waals surface area contributed by atoms with Crippen molar-refractivity contribution in [2.24, 2.45) is 0 Å². The Kier molecular flexibility index (Phi) is 6.04. The van der Waals surface area contributed by atoms with Crippen LogP contribution in [0.5, 0.6) is 0 Å². The molecule has 0 amide bonds. The first kappa shape index (κ1) is 10.7. The second kappa shape index (κ2) is 10.8. The first-order valence-corrected chi connectivity index (χ1v) is 6.86. The van der Waals surface area contributed by atoms with E-state index in [1.165, 1.54) is 11.1 Å². The van der Waals surface area contributed by atoms with Gasteiger partial charge >= 0.3 is 0 Å². The fourth-order valence-corrected chi connectivity index (χ4v) is 1.66. The molecular weight excluding hydrogens is 232 g/mol. The zero-order valence-corrected chi connectivity index (χ0v) is 12.7. The van der Waals surface area contributed by atoms with E-state index in [4.69, 9.17) is 6.85 Å². The largest absolute Gasteiger partial charge is 0.300 e. The Morgan fingerprint density at radius 2 is 1.47 bits per heavy atom. The van der Waals surface area contributed by atoms with Gasteiger partial charge < -0.3 is 4.79 Å². The van der Waals surface area contributed by atoms with Gasteiger partial charge in [0.2, 0.25) is 0 Å². The average molecular weight is 267 g/mol. The van der Waals surface area contributed by atoms with E-state index in [1.807, 2.05) is 6.92 Å². The standard InChI is InChI=1S/C18H30O/c1-15(2)9-6-10-16(3)11-7-12-17(4)13-8-14-18(5)19/h9,11,13H,6-8,10,12,14H2,1-5H3/b16-11+,17-13+/i5D3,14D2. The van der Waals surface area contributed by atoms with Gasteiger partial charge in [-0.2, -0.15) is 0 Å². The van der Waals surface area contributed by atoms with E-state index < -0.39 is 19.0 Å². The highest BCUT2D eigenvalue weighted by atomic mass is 16.1. The van der Waals surface area contributed by atoms with Crippen molar-refractivity contribution >= 4 is 5.78 Å². The van der Waals surface area contributed by atoms with E-state index in [2.05, 4.69) is 32.9 Å². The predicted octanol–water partition coefficient (Wildman–Crippen LogP) is 5.77. The molecule has 0 saturated carbocycles. The van der Waals surface area contributed by atoms with Crippen molar-refractivity contribution in [3.63, 3.8) is 0 Å². The summed E-state index contributed by atoms with van der Waals surface area (Å²) in [5, 5.41) is 0. The first-order valence-electron chi connectivity index (χ1n) is 9.36. The fraction of sp³-hybridized carbons (Fsp3) is 0.611. The molecule has 0 heterocycles. The van der Waals surface area contributed by atoms with Crippen molar-refractivity contribution in [3.05, 3.63) is 34.9 Å². The zero-order valence-electron chi connectivity index (χ0n) is 17.7. The van der Waals surface area contributed by atoms with Gasteiger partial charge in [0.05, 0.1) is 0 Å². The minimum absolute atomic E-state index is 0.195. The summed E-state index contributed by atoms with van der Waals surface area (Å²) >= 11 is 0. The molecule has 1 heteroatoms. The lowest BCUT2D eigenvalue weighted by Crippen LogP contribution is -1.87. The number of hydrogen-bond acceptors (Lipinski definition) is 1. The van der Waals surface area contributed by atoms with Crippen LogP contribution in [0.2, 0.25) is 0 Å². The predicted molar refractivity (Wildman–Crippen MR) is 85.3 cm³/mol. The number of hydrogen-bond donors (Lipinski definition) is 0. The average Bonchev–Trinajstić information content (AvgIpc) is 2.43. The molecule has 0 bridgehead atoms. The molecule has 0 aromatic heterocycles. The minimum atomic E-state index is -2.89. The summed E-state index contributed by atoms with van der Waals surface area (Å²) in [6.45, 7) is 5.26. The number of carbonyl (C=O) groups excluding carboxylic acids is 1. The maximum absolute atomic E-state index is 11.6. The zero-order chi connectivity index (χ0) is 19.0. The van der Waals surface area contributed by atoms with Gasteiger partial charge in [-0.25, -0.2) is 0 Å². The Hall–Kier alpha value is -1.11. The fourth-order valence-electron chi connectivity index (χ4n) is 1.66. The summed E-state index contributed by atoms with van der Waals surface area (Å²) in [7, 11) is 0. The summed E-state index contributed by atoms with van der Waals surface area (Å²) in [4.78, 5) is 11.6. The van der Waals surface area contributed by atoms with Crippen LogP contribution in [0.15, 0.2) is 34.9 Å². The molecule has 0 atom stereocenters. The Labute approximate surface area is 126 Å². The topological polar surface area (TPSA) is 17.1 Å². The summed E-state index contributed by atoms with van der Waals surface area (Å²) in [5.41, 5.74) is 3.61. The van der Waals surface area contributed by atoms with Crippen LogP contribution in [-0.4, -0.2) is 5.78 Å². The van der Waals surface area contributed by atoms with Crippen LogP contribution in [0.1, 0.15) is 79.9 Å². The van der Waals surface area contributed by atoms with Gasteiger partial charge in [-0.15, -0.1) is 0 Å². The third-order valence-electron chi connectivity index (χ3n) is 2.84. The van der Waals surface area contributed by atoms with Gasteiger partial charge in [0.15, 0.2) is 0 Å². The lowest BCUT2D eigenvalue weighted by Gasteiger charge is -2.01. The molecule has 1 nitrogen and oxygen atoms in total. The first-order chi connectivity index (χ1) is 10.9. The van der Waals surface area contributed by atoms with Gasteiger partial charge in [0.1, 0.15) is 5.78 Å². The lowest BCUT2D eigenvalue weighted by atomic mass is 10.1. The molecule has 108 valence electrons. The molecule has 0 N–H and O–H groups in total. The molecule has 0 aliphatic rings. The molecule has 0 unspecified atom stereocenters. The van der Waals surface area contributed by atoms with E-state index in [0.29, 0.717) is 0 Å². The van der Waals surface area contributed by atoms with Crippen molar-refractivity contribution in [2.75, 3.05) is 0 Å². The molecule has 0 saturated heterocycles. The van der Waals surface area contributed by atoms with Crippen LogP contribution in [-0.2, 0) is 4.79 Å². The molecule has 0 aromatic carbocycles. The van der Waals surface area contributed by atoms with Gasteiger partial charge in [0.25, 0.3) is 0 Å². The van der Waals surface area contributed by atoms with E-state index in [0.717, 1.165) is 31.3 Å². The van der Waals surface area contributed by atoms with Crippen molar-refractivity contribution < 1.29 is 11.6 Å². The van der Waals surface area contributed by atoms with Crippen molar-refractivity contribution in [2.45, 2.75) is 73.0 Å². The Morgan fingerprint density at radius 1 is 0.947 bits per heavy atom. The molecule has 0 radical (unpaired) electrons. The van der Waals surface area contributed by atoms with Gasteiger partial charge in [-0.3, -0.25) is 0 Å². The van der Waals surface area contributed by atoms with Crippen LogP contribution < -0.4 is 0 Å². The molecule has 0 aliphatic heterocycles. The smallest absolute Gasteiger partial charge is 0.130 e. The third kappa shape index (κ3) is 13.1.